The van der Waals surface area contributed by atoms with Gasteiger partial charge in [-0.1, -0.05) is 42.5 Å². The second kappa shape index (κ2) is 7.13. The number of para-hydroxylation sites is 3. The number of rotatable bonds is 4. The SMILES string of the molecule is O=c1c2ccccc2nc(NN=Cc2ccccc2O)n1-c1ccccc1. The van der Waals surface area contributed by atoms with Gasteiger partial charge in [0.2, 0.25) is 5.95 Å². The Morgan fingerprint density at radius 2 is 1.63 bits per heavy atom. The Bertz CT molecular complexity index is 1180. The predicted octanol–water partition coefficient (Wildman–Crippen LogP) is 3.54. The van der Waals surface area contributed by atoms with Crippen LogP contribution in [0.4, 0.5) is 5.95 Å². The normalized spacial score (nSPS) is 11.1. The van der Waals surface area contributed by atoms with E-state index >= 15 is 0 Å². The van der Waals surface area contributed by atoms with E-state index in [1.807, 2.05) is 42.5 Å². The van der Waals surface area contributed by atoms with Gasteiger partial charge in [0.05, 0.1) is 22.8 Å². The number of fused-ring (bicyclic) bond motifs is 1. The zero-order valence-corrected chi connectivity index (χ0v) is 14.3. The molecule has 132 valence electrons. The van der Waals surface area contributed by atoms with Gasteiger partial charge in [-0.15, -0.1) is 0 Å². The molecule has 0 aliphatic rings. The third kappa shape index (κ3) is 3.28. The average Bonchev–Trinajstić information content (AvgIpc) is 2.70. The minimum atomic E-state index is -0.188. The van der Waals surface area contributed by atoms with Crippen LogP contribution in [-0.2, 0) is 0 Å². The number of anilines is 1. The Labute approximate surface area is 155 Å². The topological polar surface area (TPSA) is 79.5 Å². The molecule has 1 aromatic heterocycles. The van der Waals surface area contributed by atoms with Crippen molar-refractivity contribution in [3.05, 3.63) is 94.8 Å². The van der Waals surface area contributed by atoms with E-state index in [2.05, 4.69) is 15.5 Å². The van der Waals surface area contributed by atoms with Gasteiger partial charge in [0.25, 0.3) is 5.56 Å². The van der Waals surface area contributed by atoms with E-state index < -0.39 is 0 Å². The van der Waals surface area contributed by atoms with Crippen LogP contribution >= 0.6 is 0 Å². The van der Waals surface area contributed by atoms with Gasteiger partial charge in [0, 0.05) is 5.56 Å². The number of hydrazone groups is 1. The molecule has 0 amide bonds. The number of hydrogen-bond donors (Lipinski definition) is 2. The Morgan fingerprint density at radius 3 is 2.44 bits per heavy atom. The summed E-state index contributed by atoms with van der Waals surface area (Å²) in [6.45, 7) is 0. The van der Waals surface area contributed by atoms with Gasteiger partial charge in [0.15, 0.2) is 0 Å². The first kappa shape index (κ1) is 16.5. The van der Waals surface area contributed by atoms with Crippen LogP contribution < -0.4 is 11.0 Å². The van der Waals surface area contributed by atoms with Crippen LogP contribution in [0.1, 0.15) is 5.56 Å². The van der Waals surface area contributed by atoms with Crippen molar-refractivity contribution in [3.8, 4) is 11.4 Å². The summed E-state index contributed by atoms with van der Waals surface area (Å²) in [6.07, 6.45) is 1.48. The number of hydrogen-bond acceptors (Lipinski definition) is 5. The summed E-state index contributed by atoms with van der Waals surface area (Å²) >= 11 is 0. The van der Waals surface area contributed by atoms with Gasteiger partial charge >= 0.3 is 0 Å². The molecule has 0 aliphatic heterocycles. The van der Waals surface area contributed by atoms with Crippen LogP contribution in [0.15, 0.2) is 88.8 Å². The van der Waals surface area contributed by atoms with Gasteiger partial charge in [-0.25, -0.2) is 15.0 Å². The van der Waals surface area contributed by atoms with Crippen LogP contribution in [0.2, 0.25) is 0 Å². The van der Waals surface area contributed by atoms with Gasteiger partial charge in [-0.2, -0.15) is 5.10 Å². The number of aromatic nitrogens is 2. The van der Waals surface area contributed by atoms with Crippen LogP contribution in [-0.4, -0.2) is 20.9 Å². The van der Waals surface area contributed by atoms with Gasteiger partial charge < -0.3 is 5.11 Å². The second-order valence-electron chi connectivity index (χ2n) is 5.86. The lowest BCUT2D eigenvalue weighted by molar-refractivity contribution is 0.474. The monoisotopic (exact) mass is 356 g/mol. The molecule has 4 rings (SSSR count). The lowest BCUT2D eigenvalue weighted by Crippen LogP contribution is -2.22. The minimum Gasteiger partial charge on any atom is -0.507 e. The van der Waals surface area contributed by atoms with Gasteiger partial charge in [-0.05, 0) is 36.4 Å². The van der Waals surface area contributed by atoms with Crippen LogP contribution in [0.3, 0.4) is 0 Å². The summed E-state index contributed by atoms with van der Waals surface area (Å²) in [6, 6.07) is 23.3. The van der Waals surface area contributed by atoms with Crippen molar-refractivity contribution in [2.24, 2.45) is 5.10 Å². The van der Waals surface area contributed by atoms with Crippen LogP contribution in [0, 0.1) is 0 Å². The molecule has 27 heavy (non-hydrogen) atoms. The summed E-state index contributed by atoms with van der Waals surface area (Å²) in [5.74, 6) is 0.409. The minimum absolute atomic E-state index is 0.120. The highest BCUT2D eigenvalue weighted by Crippen LogP contribution is 2.17. The van der Waals surface area contributed by atoms with E-state index in [1.165, 1.54) is 10.8 Å². The maximum atomic E-state index is 13.0. The molecule has 0 bridgehead atoms. The molecular weight excluding hydrogens is 340 g/mol. The highest BCUT2D eigenvalue weighted by atomic mass is 16.3. The first-order chi connectivity index (χ1) is 13.2. The third-order valence-corrected chi connectivity index (χ3v) is 4.10. The van der Waals surface area contributed by atoms with Crippen molar-refractivity contribution in [1.29, 1.82) is 0 Å². The highest BCUT2D eigenvalue weighted by Gasteiger charge is 2.12. The lowest BCUT2D eigenvalue weighted by atomic mass is 10.2. The molecule has 4 aromatic rings. The molecule has 0 spiro atoms. The van der Waals surface area contributed by atoms with Crippen LogP contribution in [0.5, 0.6) is 5.75 Å². The zero-order chi connectivity index (χ0) is 18.6. The molecule has 3 aromatic carbocycles. The molecule has 6 heteroatoms. The summed E-state index contributed by atoms with van der Waals surface area (Å²) in [5.41, 5.74) is 4.46. The van der Waals surface area contributed by atoms with Crippen molar-refractivity contribution in [3.63, 3.8) is 0 Å². The van der Waals surface area contributed by atoms with Crippen molar-refractivity contribution in [2.45, 2.75) is 0 Å². The Kier molecular flexibility index (Phi) is 4.37. The molecular formula is C21H16N4O2. The Hall–Kier alpha value is -3.93. The number of benzene rings is 3. The summed E-state index contributed by atoms with van der Waals surface area (Å²) < 4.78 is 1.48. The Morgan fingerprint density at radius 1 is 0.926 bits per heavy atom. The fourth-order valence-corrected chi connectivity index (χ4v) is 2.78. The first-order valence-electron chi connectivity index (χ1n) is 8.38. The maximum absolute atomic E-state index is 13.0. The molecule has 0 aliphatic carbocycles. The average molecular weight is 356 g/mol. The summed E-state index contributed by atoms with van der Waals surface area (Å²) in [7, 11) is 0. The van der Waals surface area contributed by atoms with Crippen LogP contribution in [0.25, 0.3) is 16.6 Å². The van der Waals surface area contributed by atoms with Crippen molar-refractivity contribution >= 4 is 23.1 Å². The maximum Gasteiger partial charge on any atom is 0.267 e. The first-order valence-corrected chi connectivity index (χ1v) is 8.38. The highest BCUT2D eigenvalue weighted by molar-refractivity contribution is 5.84. The van der Waals surface area contributed by atoms with E-state index in [4.69, 9.17) is 0 Å². The van der Waals surface area contributed by atoms with Crippen molar-refractivity contribution in [1.82, 2.24) is 9.55 Å². The molecule has 1 heterocycles. The predicted molar refractivity (Wildman–Crippen MR) is 107 cm³/mol. The zero-order valence-electron chi connectivity index (χ0n) is 14.3. The molecule has 0 fully saturated rings. The molecule has 0 radical (unpaired) electrons. The number of nitrogens with zero attached hydrogens (tertiary/aromatic N) is 3. The Balaban J connectivity index is 1.81. The smallest absolute Gasteiger partial charge is 0.267 e. The van der Waals surface area contributed by atoms with E-state index in [0.717, 1.165) is 0 Å². The van der Waals surface area contributed by atoms with Gasteiger partial charge in [0.1, 0.15) is 5.75 Å². The molecule has 2 N–H and O–H groups in total. The van der Waals surface area contributed by atoms with Crippen molar-refractivity contribution < 1.29 is 5.11 Å². The molecule has 0 saturated carbocycles. The van der Waals surface area contributed by atoms with Gasteiger partial charge in [-0.3, -0.25) is 4.79 Å². The molecule has 0 saturated heterocycles. The number of phenolic OH excluding ortho intramolecular Hbond substituents is 1. The fraction of sp³-hybridized carbons (Fsp3) is 0. The fourth-order valence-electron chi connectivity index (χ4n) is 2.78. The summed E-state index contributed by atoms with van der Waals surface area (Å²) in [5, 5.41) is 14.5. The van der Waals surface area contributed by atoms with E-state index in [-0.39, 0.29) is 17.3 Å². The van der Waals surface area contributed by atoms with E-state index in [9.17, 15) is 9.90 Å². The molecule has 6 nitrogen and oxygen atoms in total. The van der Waals surface area contributed by atoms with E-state index in [0.29, 0.717) is 22.2 Å². The largest absolute Gasteiger partial charge is 0.507 e. The standard InChI is InChI=1S/C21H16N4O2/c26-19-13-7-4-8-15(19)14-22-24-21-23-18-12-6-5-11-17(18)20(27)25(21)16-9-2-1-3-10-16/h1-14,26H,(H,23,24). The summed E-state index contributed by atoms with van der Waals surface area (Å²) in [4.78, 5) is 17.6. The van der Waals surface area contributed by atoms with E-state index in [1.54, 1.807) is 36.4 Å². The number of aromatic hydroxyl groups is 1. The molecule has 0 atom stereocenters. The van der Waals surface area contributed by atoms with Crippen molar-refractivity contribution in [2.75, 3.05) is 5.43 Å². The lowest BCUT2D eigenvalue weighted by Gasteiger charge is -2.12. The third-order valence-electron chi connectivity index (χ3n) is 4.10. The second-order valence-corrected chi connectivity index (χ2v) is 5.86. The number of nitrogens with one attached hydrogen (secondary N) is 1. The number of phenols is 1. The molecule has 0 unspecified atom stereocenters. The quantitative estimate of drug-likeness (QED) is 0.433.